The summed E-state index contributed by atoms with van der Waals surface area (Å²) in [4.78, 5) is 2.43. The first kappa shape index (κ1) is 13.4. The van der Waals surface area contributed by atoms with Crippen LogP contribution in [0, 0.1) is 6.92 Å². The number of piperidine rings is 1. The standard InChI is InChI=1S/C15H23NO2/c1-11-8-14(5-4-13(11)10-17)16-7-6-15(18-3)9-12(16)2/h4-5,8,12,15,17H,6-7,9-10H2,1-3H3. The minimum absolute atomic E-state index is 0.118. The third kappa shape index (κ3) is 2.68. The van der Waals surface area contributed by atoms with Crippen LogP contribution in [0.15, 0.2) is 18.2 Å². The molecule has 18 heavy (non-hydrogen) atoms. The maximum Gasteiger partial charge on any atom is 0.0684 e. The van der Waals surface area contributed by atoms with Crippen LogP contribution >= 0.6 is 0 Å². The number of hydrogen-bond acceptors (Lipinski definition) is 3. The molecule has 1 fully saturated rings. The Bertz CT molecular complexity index is 405. The Morgan fingerprint density at radius 2 is 2.22 bits per heavy atom. The Kier molecular flexibility index (Phi) is 4.25. The monoisotopic (exact) mass is 249 g/mol. The Labute approximate surface area is 109 Å². The molecule has 2 rings (SSSR count). The molecule has 0 saturated carbocycles. The summed E-state index contributed by atoms with van der Waals surface area (Å²) in [6, 6.07) is 6.82. The molecular formula is C15H23NO2. The Morgan fingerprint density at radius 3 is 2.78 bits per heavy atom. The van der Waals surface area contributed by atoms with E-state index in [0.717, 1.165) is 30.5 Å². The molecule has 1 heterocycles. The number of anilines is 1. The van der Waals surface area contributed by atoms with Gasteiger partial charge in [0, 0.05) is 25.4 Å². The zero-order chi connectivity index (χ0) is 13.1. The fraction of sp³-hybridized carbons (Fsp3) is 0.600. The number of aryl methyl sites for hydroxylation is 1. The highest BCUT2D eigenvalue weighted by Crippen LogP contribution is 2.27. The molecule has 1 N–H and O–H groups in total. The number of aliphatic hydroxyl groups excluding tert-OH is 1. The zero-order valence-corrected chi connectivity index (χ0v) is 11.5. The summed E-state index contributed by atoms with van der Waals surface area (Å²) in [5.74, 6) is 0. The Morgan fingerprint density at radius 1 is 1.44 bits per heavy atom. The molecule has 3 nitrogen and oxygen atoms in total. The van der Waals surface area contributed by atoms with Crippen LogP contribution in [0.2, 0.25) is 0 Å². The van der Waals surface area contributed by atoms with Gasteiger partial charge in [0.05, 0.1) is 12.7 Å². The van der Waals surface area contributed by atoms with Crippen LogP contribution in [0.3, 0.4) is 0 Å². The van der Waals surface area contributed by atoms with E-state index in [1.165, 1.54) is 5.69 Å². The zero-order valence-electron chi connectivity index (χ0n) is 11.5. The molecule has 1 aliphatic heterocycles. The predicted octanol–water partition coefficient (Wildman–Crippen LogP) is 2.49. The molecule has 0 aromatic heterocycles. The van der Waals surface area contributed by atoms with Gasteiger partial charge in [0.25, 0.3) is 0 Å². The minimum atomic E-state index is 0.118. The van der Waals surface area contributed by atoms with E-state index in [1.54, 1.807) is 7.11 Å². The topological polar surface area (TPSA) is 32.7 Å². The van der Waals surface area contributed by atoms with Crippen molar-refractivity contribution in [3.8, 4) is 0 Å². The Balaban J connectivity index is 2.14. The van der Waals surface area contributed by atoms with E-state index in [1.807, 2.05) is 6.07 Å². The lowest BCUT2D eigenvalue weighted by atomic mass is 9.99. The SMILES string of the molecule is COC1CCN(c2ccc(CO)c(C)c2)C(C)C1. The van der Waals surface area contributed by atoms with Gasteiger partial charge < -0.3 is 14.7 Å². The van der Waals surface area contributed by atoms with Crippen molar-refractivity contribution in [3.05, 3.63) is 29.3 Å². The van der Waals surface area contributed by atoms with E-state index in [-0.39, 0.29) is 6.61 Å². The molecule has 0 aliphatic carbocycles. The molecular weight excluding hydrogens is 226 g/mol. The summed E-state index contributed by atoms with van der Waals surface area (Å²) in [7, 11) is 1.80. The van der Waals surface area contributed by atoms with Crippen LogP contribution in [0.1, 0.15) is 30.9 Å². The fourth-order valence-corrected chi connectivity index (χ4v) is 2.76. The van der Waals surface area contributed by atoms with Gasteiger partial charge in [-0.05, 0) is 49.9 Å². The van der Waals surface area contributed by atoms with Crippen LogP contribution < -0.4 is 4.90 Å². The molecule has 0 bridgehead atoms. The molecule has 2 atom stereocenters. The van der Waals surface area contributed by atoms with Crippen LogP contribution in [-0.4, -0.2) is 30.9 Å². The van der Waals surface area contributed by atoms with E-state index in [2.05, 4.69) is 30.9 Å². The molecule has 1 aromatic rings. The van der Waals surface area contributed by atoms with Crippen LogP contribution in [0.4, 0.5) is 5.69 Å². The van der Waals surface area contributed by atoms with Gasteiger partial charge in [-0.1, -0.05) is 6.07 Å². The summed E-state index contributed by atoms with van der Waals surface area (Å²) in [5.41, 5.74) is 3.43. The van der Waals surface area contributed by atoms with Gasteiger partial charge >= 0.3 is 0 Å². The number of rotatable bonds is 3. The van der Waals surface area contributed by atoms with Crippen LogP contribution in [0.5, 0.6) is 0 Å². The van der Waals surface area contributed by atoms with Crippen molar-refractivity contribution in [2.45, 2.75) is 45.4 Å². The van der Waals surface area contributed by atoms with E-state index in [4.69, 9.17) is 4.74 Å². The summed E-state index contributed by atoms with van der Waals surface area (Å²) < 4.78 is 5.45. The van der Waals surface area contributed by atoms with E-state index in [9.17, 15) is 5.11 Å². The molecule has 1 aromatic carbocycles. The van der Waals surface area contributed by atoms with Gasteiger partial charge in [-0.3, -0.25) is 0 Å². The lowest BCUT2D eigenvalue weighted by Gasteiger charge is -2.39. The normalized spacial score (nSPS) is 24.3. The van der Waals surface area contributed by atoms with Gasteiger partial charge in [-0.15, -0.1) is 0 Å². The second-order valence-electron chi connectivity index (χ2n) is 5.19. The van der Waals surface area contributed by atoms with E-state index >= 15 is 0 Å². The van der Waals surface area contributed by atoms with Crippen molar-refractivity contribution >= 4 is 5.69 Å². The molecule has 2 unspecified atom stereocenters. The smallest absolute Gasteiger partial charge is 0.0684 e. The number of hydrogen-bond donors (Lipinski definition) is 1. The summed E-state index contributed by atoms with van der Waals surface area (Å²) in [5, 5.41) is 9.21. The van der Waals surface area contributed by atoms with Gasteiger partial charge in [0.1, 0.15) is 0 Å². The van der Waals surface area contributed by atoms with Crippen LogP contribution in [0.25, 0.3) is 0 Å². The summed E-state index contributed by atoms with van der Waals surface area (Å²) in [6.07, 6.45) is 2.56. The molecule has 3 heteroatoms. The van der Waals surface area contributed by atoms with E-state index in [0.29, 0.717) is 12.1 Å². The van der Waals surface area contributed by atoms with Crippen molar-refractivity contribution < 1.29 is 9.84 Å². The highest BCUT2D eigenvalue weighted by molar-refractivity contribution is 5.51. The highest BCUT2D eigenvalue weighted by atomic mass is 16.5. The molecule has 100 valence electrons. The Hall–Kier alpha value is -1.06. The molecule has 0 amide bonds. The summed E-state index contributed by atoms with van der Waals surface area (Å²) in [6.45, 7) is 5.47. The molecule has 0 spiro atoms. The molecule has 1 aliphatic rings. The first-order valence-corrected chi connectivity index (χ1v) is 6.65. The third-order valence-electron chi connectivity index (χ3n) is 3.99. The minimum Gasteiger partial charge on any atom is -0.392 e. The first-order chi connectivity index (χ1) is 8.65. The van der Waals surface area contributed by atoms with E-state index < -0.39 is 0 Å². The number of aliphatic hydroxyl groups is 1. The number of methoxy groups -OCH3 is 1. The third-order valence-corrected chi connectivity index (χ3v) is 3.99. The lowest BCUT2D eigenvalue weighted by Crippen LogP contribution is -2.43. The van der Waals surface area contributed by atoms with Crippen molar-refractivity contribution in [2.75, 3.05) is 18.6 Å². The average Bonchev–Trinajstić information content (AvgIpc) is 2.38. The van der Waals surface area contributed by atoms with Crippen molar-refractivity contribution in [2.24, 2.45) is 0 Å². The average molecular weight is 249 g/mol. The number of benzene rings is 1. The summed E-state index contributed by atoms with van der Waals surface area (Å²) >= 11 is 0. The second kappa shape index (κ2) is 5.72. The van der Waals surface area contributed by atoms with Gasteiger partial charge in [0.15, 0.2) is 0 Å². The largest absolute Gasteiger partial charge is 0.392 e. The number of ether oxygens (including phenoxy) is 1. The van der Waals surface area contributed by atoms with Crippen LogP contribution in [-0.2, 0) is 11.3 Å². The van der Waals surface area contributed by atoms with Crippen molar-refractivity contribution in [3.63, 3.8) is 0 Å². The fourth-order valence-electron chi connectivity index (χ4n) is 2.76. The van der Waals surface area contributed by atoms with Gasteiger partial charge in [-0.2, -0.15) is 0 Å². The quantitative estimate of drug-likeness (QED) is 0.893. The highest BCUT2D eigenvalue weighted by Gasteiger charge is 2.25. The predicted molar refractivity (Wildman–Crippen MR) is 73.9 cm³/mol. The molecule has 1 saturated heterocycles. The number of nitrogens with zero attached hydrogens (tertiary/aromatic N) is 1. The maximum atomic E-state index is 9.21. The van der Waals surface area contributed by atoms with Gasteiger partial charge in [-0.25, -0.2) is 0 Å². The second-order valence-corrected chi connectivity index (χ2v) is 5.19. The molecule has 0 radical (unpaired) electrons. The van der Waals surface area contributed by atoms with Gasteiger partial charge in [0.2, 0.25) is 0 Å². The lowest BCUT2D eigenvalue weighted by molar-refractivity contribution is 0.0721. The van der Waals surface area contributed by atoms with Crippen molar-refractivity contribution in [1.29, 1.82) is 0 Å². The van der Waals surface area contributed by atoms with Crippen molar-refractivity contribution in [1.82, 2.24) is 0 Å². The first-order valence-electron chi connectivity index (χ1n) is 6.65. The maximum absolute atomic E-state index is 9.21.